The maximum atomic E-state index is 12.6. The number of aliphatic hydroxyl groups is 1. The topological polar surface area (TPSA) is 45.2 Å². The van der Waals surface area contributed by atoms with E-state index in [-0.39, 0.29) is 5.82 Å². The Labute approximate surface area is 82.0 Å². The van der Waals surface area contributed by atoms with Crippen LogP contribution in [-0.2, 0) is 5.60 Å². The summed E-state index contributed by atoms with van der Waals surface area (Å²) in [5.41, 5.74) is -0.306. The summed E-state index contributed by atoms with van der Waals surface area (Å²) in [6.45, 7) is 1.55. The van der Waals surface area contributed by atoms with Gasteiger partial charge in [-0.1, -0.05) is 0 Å². The van der Waals surface area contributed by atoms with E-state index >= 15 is 0 Å². The molecule has 1 aromatic heterocycles. The Bertz CT molecular complexity index is 306. The Balaban J connectivity index is 2.23. The zero-order valence-corrected chi connectivity index (χ0v) is 7.83. The second-order valence-corrected chi connectivity index (χ2v) is 3.64. The van der Waals surface area contributed by atoms with Crippen molar-refractivity contribution in [3.8, 4) is 0 Å². The van der Waals surface area contributed by atoms with Crippen LogP contribution in [-0.4, -0.2) is 23.2 Å². The van der Waals surface area contributed by atoms with Crippen molar-refractivity contribution in [1.29, 1.82) is 0 Å². The van der Waals surface area contributed by atoms with Crippen LogP contribution in [0, 0.1) is 5.82 Å². The standard InChI is InChI=1S/C10H13FN2O/c11-8-1-2-9(13-7-8)10(14)3-5-12-6-4-10/h1-2,7,12,14H,3-6H2. The van der Waals surface area contributed by atoms with Crippen molar-refractivity contribution in [3.63, 3.8) is 0 Å². The Hall–Kier alpha value is -1.00. The summed E-state index contributed by atoms with van der Waals surface area (Å²) in [6, 6.07) is 2.89. The number of hydrogen-bond donors (Lipinski definition) is 2. The van der Waals surface area contributed by atoms with Crippen molar-refractivity contribution in [2.24, 2.45) is 0 Å². The quantitative estimate of drug-likeness (QED) is 0.698. The van der Waals surface area contributed by atoms with Crippen LogP contribution in [0.1, 0.15) is 18.5 Å². The summed E-state index contributed by atoms with van der Waals surface area (Å²) in [5.74, 6) is -0.369. The van der Waals surface area contributed by atoms with Gasteiger partial charge in [0.15, 0.2) is 0 Å². The van der Waals surface area contributed by atoms with Crippen LogP contribution >= 0.6 is 0 Å². The molecule has 2 heterocycles. The van der Waals surface area contributed by atoms with Gasteiger partial charge in [-0.15, -0.1) is 0 Å². The van der Waals surface area contributed by atoms with Crippen LogP contribution in [0.4, 0.5) is 4.39 Å². The molecule has 1 fully saturated rings. The molecule has 1 saturated heterocycles. The highest BCUT2D eigenvalue weighted by Gasteiger charge is 2.32. The lowest BCUT2D eigenvalue weighted by atomic mass is 9.89. The first-order valence-corrected chi connectivity index (χ1v) is 4.76. The van der Waals surface area contributed by atoms with Gasteiger partial charge < -0.3 is 10.4 Å². The first-order valence-electron chi connectivity index (χ1n) is 4.76. The van der Waals surface area contributed by atoms with Crippen LogP contribution in [0.3, 0.4) is 0 Å². The molecule has 2 rings (SSSR count). The summed E-state index contributed by atoms with van der Waals surface area (Å²) < 4.78 is 12.6. The lowest BCUT2D eigenvalue weighted by Gasteiger charge is -2.31. The Morgan fingerprint density at radius 2 is 2.07 bits per heavy atom. The van der Waals surface area contributed by atoms with E-state index in [1.165, 1.54) is 6.07 Å². The van der Waals surface area contributed by atoms with Gasteiger partial charge in [-0.3, -0.25) is 4.98 Å². The van der Waals surface area contributed by atoms with Crippen molar-refractivity contribution in [2.45, 2.75) is 18.4 Å². The van der Waals surface area contributed by atoms with E-state index in [1.807, 2.05) is 0 Å². The van der Waals surface area contributed by atoms with Gasteiger partial charge in [0.25, 0.3) is 0 Å². The third kappa shape index (κ3) is 1.76. The van der Waals surface area contributed by atoms with Crippen molar-refractivity contribution in [1.82, 2.24) is 10.3 Å². The second kappa shape index (κ2) is 3.63. The summed E-state index contributed by atoms with van der Waals surface area (Å²) >= 11 is 0. The smallest absolute Gasteiger partial charge is 0.141 e. The Morgan fingerprint density at radius 1 is 1.36 bits per heavy atom. The number of pyridine rings is 1. The monoisotopic (exact) mass is 196 g/mol. The van der Waals surface area contributed by atoms with Gasteiger partial charge in [0.2, 0.25) is 0 Å². The van der Waals surface area contributed by atoms with Crippen LogP contribution in [0.15, 0.2) is 18.3 Å². The van der Waals surface area contributed by atoms with Gasteiger partial charge in [-0.25, -0.2) is 4.39 Å². The molecule has 0 spiro atoms. The van der Waals surface area contributed by atoms with E-state index in [9.17, 15) is 9.50 Å². The molecule has 2 N–H and O–H groups in total. The third-order valence-electron chi connectivity index (χ3n) is 2.63. The minimum absolute atomic E-state index is 0.369. The molecular formula is C10H13FN2O. The molecule has 0 amide bonds. The predicted molar refractivity (Wildman–Crippen MR) is 50.2 cm³/mol. The van der Waals surface area contributed by atoms with E-state index in [2.05, 4.69) is 10.3 Å². The van der Waals surface area contributed by atoms with E-state index < -0.39 is 5.60 Å². The average molecular weight is 196 g/mol. The first kappa shape index (κ1) is 9.55. The first-order chi connectivity index (χ1) is 6.71. The molecule has 3 nitrogen and oxygen atoms in total. The van der Waals surface area contributed by atoms with E-state index in [0.717, 1.165) is 19.3 Å². The van der Waals surface area contributed by atoms with Crippen molar-refractivity contribution < 1.29 is 9.50 Å². The number of piperidine rings is 1. The molecule has 0 aliphatic carbocycles. The molecular weight excluding hydrogens is 183 g/mol. The number of aromatic nitrogens is 1. The van der Waals surface area contributed by atoms with Gasteiger partial charge in [-0.05, 0) is 38.1 Å². The van der Waals surface area contributed by atoms with Crippen LogP contribution in [0.25, 0.3) is 0 Å². The van der Waals surface area contributed by atoms with Gasteiger partial charge >= 0.3 is 0 Å². The van der Waals surface area contributed by atoms with Crippen LogP contribution in [0.2, 0.25) is 0 Å². The molecule has 0 aromatic carbocycles. The van der Waals surface area contributed by atoms with Crippen LogP contribution in [0.5, 0.6) is 0 Å². The zero-order valence-electron chi connectivity index (χ0n) is 7.83. The highest BCUT2D eigenvalue weighted by Crippen LogP contribution is 2.28. The highest BCUT2D eigenvalue weighted by atomic mass is 19.1. The molecule has 14 heavy (non-hydrogen) atoms. The minimum Gasteiger partial charge on any atom is -0.383 e. The average Bonchev–Trinajstić information content (AvgIpc) is 2.19. The fourth-order valence-corrected chi connectivity index (χ4v) is 1.75. The fourth-order valence-electron chi connectivity index (χ4n) is 1.75. The van der Waals surface area contributed by atoms with E-state index in [1.54, 1.807) is 6.07 Å². The normalized spacial score (nSPS) is 20.7. The minimum atomic E-state index is -0.876. The Kier molecular flexibility index (Phi) is 2.48. The molecule has 76 valence electrons. The summed E-state index contributed by atoms with van der Waals surface area (Å²) in [7, 11) is 0. The maximum absolute atomic E-state index is 12.6. The largest absolute Gasteiger partial charge is 0.383 e. The molecule has 1 aromatic rings. The van der Waals surface area contributed by atoms with Gasteiger partial charge in [0, 0.05) is 0 Å². The Morgan fingerprint density at radius 3 is 2.64 bits per heavy atom. The molecule has 1 aliphatic rings. The van der Waals surface area contributed by atoms with E-state index in [4.69, 9.17) is 0 Å². The maximum Gasteiger partial charge on any atom is 0.141 e. The molecule has 0 saturated carbocycles. The highest BCUT2D eigenvalue weighted by molar-refractivity contribution is 5.14. The van der Waals surface area contributed by atoms with Crippen molar-refractivity contribution >= 4 is 0 Å². The molecule has 0 bridgehead atoms. The van der Waals surface area contributed by atoms with Crippen LogP contribution < -0.4 is 5.32 Å². The number of rotatable bonds is 1. The van der Waals surface area contributed by atoms with Crippen molar-refractivity contribution in [3.05, 3.63) is 29.8 Å². The van der Waals surface area contributed by atoms with Gasteiger partial charge in [0.05, 0.1) is 11.9 Å². The molecule has 0 unspecified atom stereocenters. The lowest BCUT2D eigenvalue weighted by Crippen LogP contribution is -2.40. The predicted octanol–water partition coefficient (Wildman–Crippen LogP) is 0.792. The number of nitrogens with zero attached hydrogens (tertiary/aromatic N) is 1. The fraction of sp³-hybridized carbons (Fsp3) is 0.500. The zero-order chi connectivity index (χ0) is 10.0. The number of nitrogens with one attached hydrogen (secondary N) is 1. The van der Waals surface area contributed by atoms with E-state index in [0.29, 0.717) is 18.5 Å². The number of hydrogen-bond acceptors (Lipinski definition) is 3. The molecule has 1 aliphatic heterocycles. The molecule has 4 heteroatoms. The number of halogens is 1. The summed E-state index contributed by atoms with van der Waals surface area (Å²) in [6.07, 6.45) is 2.41. The molecule has 0 radical (unpaired) electrons. The summed E-state index contributed by atoms with van der Waals surface area (Å²) in [5, 5.41) is 13.4. The lowest BCUT2D eigenvalue weighted by molar-refractivity contribution is 0.00178. The second-order valence-electron chi connectivity index (χ2n) is 3.64. The molecule has 0 atom stereocenters. The SMILES string of the molecule is OC1(c2ccc(F)cn2)CCNCC1. The van der Waals surface area contributed by atoms with Gasteiger partial charge in [0.1, 0.15) is 11.4 Å². The van der Waals surface area contributed by atoms with Crippen molar-refractivity contribution in [2.75, 3.05) is 13.1 Å². The summed E-state index contributed by atoms with van der Waals surface area (Å²) in [4.78, 5) is 3.92. The third-order valence-corrected chi connectivity index (χ3v) is 2.63. The van der Waals surface area contributed by atoms with Gasteiger partial charge in [-0.2, -0.15) is 0 Å².